The number of rotatable bonds is 27. The van der Waals surface area contributed by atoms with Crippen molar-refractivity contribution in [3.05, 3.63) is 0 Å². The molecule has 1 unspecified atom stereocenters. The minimum Gasteiger partial charge on any atom is -0.481 e. The first kappa shape index (κ1) is 51.6. The minimum absolute atomic E-state index is 0.0317. The number of aliphatic carboxylic acids is 2. The highest BCUT2D eigenvalue weighted by Gasteiger charge is 2.54. The Hall–Kier alpha value is -4.59. The fraction of sp³-hybridized carbons (Fsp3) is 0.825. The number of carbonyl (C=O) groups excluding carboxylic acids is 3. The van der Waals surface area contributed by atoms with Crippen molar-refractivity contribution in [2.75, 3.05) is 39.5 Å². The summed E-state index contributed by atoms with van der Waals surface area (Å²) in [7, 11) is 0. The van der Waals surface area contributed by atoms with E-state index >= 15 is 0 Å². The number of guanidine groups is 2. The summed E-state index contributed by atoms with van der Waals surface area (Å²) in [5.74, 6) is -5.39. The van der Waals surface area contributed by atoms with Crippen molar-refractivity contribution in [3.8, 4) is 0 Å². The van der Waals surface area contributed by atoms with Crippen molar-refractivity contribution < 1.29 is 53.1 Å². The van der Waals surface area contributed by atoms with Crippen molar-refractivity contribution in [2.24, 2.45) is 74.3 Å². The molecule has 10 atom stereocenters. The predicted molar refractivity (Wildman–Crippen MR) is 225 cm³/mol. The summed E-state index contributed by atoms with van der Waals surface area (Å²) < 4.78 is 22.9. The Kier molecular flexibility index (Phi) is 22.8. The number of ether oxygens (including phenoxy) is 4. The van der Waals surface area contributed by atoms with E-state index < -0.39 is 72.2 Å². The van der Waals surface area contributed by atoms with Gasteiger partial charge in [0.05, 0.1) is 37.1 Å². The highest BCUT2D eigenvalue weighted by atomic mass is 16.6. The number of nitrogens with zero attached hydrogens (tertiary/aromatic N) is 2. The third-order valence-electron chi connectivity index (χ3n) is 11.9. The van der Waals surface area contributed by atoms with Crippen LogP contribution in [0.4, 0.5) is 9.59 Å². The van der Waals surface area contributed by atoms with Gasteiger partial charge in [0.25, 0.3) is 0 Å². The molecule has 2 fully saturated rings. The molecule has 0 aliphatic heterocycles. The van der Waals surface area contributed by atoms with E-state index in [-0.39, 0.29) is 74.7 Å². The van der Waals surface area contributed by atoms with Gasteiger partial charge in [-0.25, -0.2) is 19.6 Å². The molecule has 20 heteroatoms. The van der Waals surface area contributed by atoms with Crippen LogP contribution in [0.15, 0.2) is 9.98 Å². The molecule has 3 amide bonds. The average molecular weight is 856 g/mol. The van der Waals surface area contributed by atoms with Gasteiger partial charge < -0.3 is 68.0 Å². The summed E-state index contributed by atoms with van der Waals surface area (Å²) in [4.78, 5) is 71.0. The maximum Gasteiger partial charge on any atom is 0.407 e. The Bertz CT molecular complexity index is 1420. The van der Waals surface area contributed by atoms with Gasteiger partial charge in [-0.05, 0) is 49.9 Å². The normalized spacial score (nSPS) is 24.6. The number of carbonyl (C=O) groups is 5. The van der Waals surface area contributed by atoms with Crippen LogP contribution < -0.4 is 38.9 Å². The highest BCUT2D eigenvalue weighted by Crippen LogP contribution is 2.42. The third kappa shape index (κ3) is 16.8. The van der Waals surface area contributed by atoms with E-state index in [1.165, 1.54) is 6.92 Å². The average Bonchev–Trinajstić information content (AvgIpc) is 3.68. The van der Waals surface area contributed by atoms with E-state index in [1.54, 1.807) is 0 Å². The Labute approximate surface area is 354 Å². The molecule has 60 heavy (non-hydrogen) atoms. The zero-order valence-electron chi connectivity index (χ0n) is 36.3. The minimum atomic E-state index is -1.16. The van der Waals surface area contributed by atoms with E-state index in [2.05, 4.69) is 46.7 Å². The number of aliphatic imine (C=N–C) groups is 2. The second-order valence-electron chi connectivity index (χ2n) is 16.1. The van der Waals surface area contributed by atoms with Crippen molar-refractivity contribution in [1.29, 1.82) is 0 Å². The van der Waals surface area contributed by atoms with Crippen LogP contribution in [-0.2, 0) is 33.3 Å². The quantitative estimate of drug-likeness (QED) is 0.0325. The van der Waals surface area contributed by atoms with Crippen molar-refractivity contribution in [3.63, 3.8) is 0 Å². The van der Waals surface area contributed by atoms with Crippen LogP contribution in [0.25, 0.3) is 0 Å². The highest BCUT2D eigenvalue weighted by molar-refractivity contribution is 5.78. The number of amides is 3. The number of hydrogen-bond donors (Lipinski definition) is 9. The van der Waals surface area contributed by atoms with Gasteiger partial charge in [0.1, 0.15) is 12.2 Å². The van der Waals surface area contributed by atoms with Crippen LogP contribution in [-0.4, -0.2) is 122 Å². The van der Waals surface area contributed by atoms with Crippen LogP contribution in [0.2, 0.25) is 0 Å². The number of carboxylic acid groups (broad SMARTS) is 2. The molecule has 0 saturated heterocycles. The molecular weight excluding hydrogens is 782 g/mol. The second kappa shape index (κ2) is 26.6. The molecule has 0 heterocycles. The maximum atomic E-state index is 13.0. The van der Waals surface area contributed by atoms with Crippen molar-refractivity contribution >= 4 is 42.0 Å². The van der Waals surface area contributed by atoms with Crippen LogP contribution in [0.1, 0.15) is 99.3 Å². The van der Waals surface area contributed by atoms with Gasteiger partial charge in [0.15, 0.2) is 11.9 Å². The lowest BCUT2D eigenvalue weighted by Crippen LogP contribution is -2.52. The molecule has 2 aliphatic carbocycles. The van der Waals surface area contributed by atoms with Gasteiger partial charge in [-0.1, -0.05) is 60.3 Å². The SMILES string of the molecule is CCC(CC)C[C@@H]1[C@H](OC(=O)NCCOCCC(C)CCOCCNC(=O)O[C@H]2[C@@H]([C@H](NC(C)=O)C(CC)CC)[C@H](N=C(N)N)C[C@@H]2C(=O)O)[C@@H](C(=O)O)C[C@H]1N=C(N)N. The molecule has 2 aliphatic rings. The Morgan fingerprint density at radius 1 is 0.700 bits per heavy atom. The third-order valence-corrected chi connectivity index (χ3v) is 11.9. The van der Waals surface area contributed by atoms with Crippen LogP contribution in [0.3, 0.4) is 0 Å². The first-order chi connectivity index (χ1) is 28.5. The fourth-order valence-electron chi connectivity index (χ4n) is 8.61. The molecule has 0 radical (unpaired) electrons. The molecule has 13 N–H and O–H groups in total. The first-order valence-electron chi connectivity index (χ1n) is 21.4. The van der Waals surface area contributed by atoms with E-state index in [1.807, 2.05) is 13.8 Å². The molecule has 2 saturated carbocycles. The molecular formula is C40H73N9O11. The molecule has 0 aromatic rings. The lowest BCUT2D eigenvalue weighted by atomic mass is 9.80. The maximum absolute atomic E-state index is 13.0. The number of carboxylic acids is 2. The number of nitrogens with two attached hydrogens (primary N) is 4. The van der Waals surface area contributed by atoms with Gasteiger partial charge >= 0.3 is 24.1 Å². The molecule has 2 rings (SSSR count). The molecule has 0 bridgehead atoms. The van der Waals surface area contributed by atoms with Crippen LogP contribution in [0.5, 0.6) is 0 Å². The largest absolute Gasteiger partial charge is 0.481 e. The van der Waals surface area contributed by atoms with Crippen LogP contribution in [0, 0.1) is 41.4 Å². The summed E-state index contributed by atoms with van der Waals surface area (Å²) in [6.45, 7) is 13.1. The molecule has 0 aromatic carbocycles. The summed E-state index contributed by atoms with van der Waals surface area (Å²) in [5, 5.41) is 28.2. The monoisotopic (exact) mass is 856 g/mol. The molecule has 0 spiro atoms. The van der Waals surface area contributed by atoms with E-state index in [4.69, 9.17) is 41.9 Å². The first-order valence-corrected chi connectivity index (χ1v) is 21.4. The Balaban J connectivity index is 1.77. The fourth-order valence-corrected chi connectivity index (χ4v) is 8.61. The van der Waals surface area contributed by atoms with Gasteiger partial charge in [0.2, 0.25) is 5.91 Å². The number of hydrogen-bond acceptors (Lipinski definition) is 11. The Morgan fingerprint density at radius 3 is 1.62 bits per heavy atom. The topological polar surface area (TPSA) is 328 Å². The molecule has 20 nitrogen and oxygen atoms in total. The number of nitrogens with one attached hydrogen (secondary N) is 3. The van der Waals surface area contributed by atoms with E-state index in [0.717, 1.165) is 25.7 Å². The van der Waals surface area contributed by atoms with Crippen molar-refractivity contribution in [2.45, 2.75) is 130 Å². The van der Waals surface area contributed by atoms with Gasteiger partial charge in [-0.15, -0.1) is 0 Å². The second-order valence-corrected chi connectivity index (χ2v) is 16.1. The van der Waals surface area contributed by atoms with Crippen molar-refractivity contribution in [1.82, 2.24) is 16.0 Å². The van der Waals surface area contributed by atoms with Gasteiger partial charge in [0, 0.05) is 51.1 Å². The van der Waals surface area contributed by atoms with E-state index in [0.29, 0.717) is 38.4 Å². The smallest absolute Gasteiger partial charge is 0.407 e. The van der Waals surface area contributed by atoms with Crippen LogP contribution >= 0.6 is 0 Å². The zero-order valence-corrected chi connectivity index (χ0v) is 36.3. The summed E-state index contributed by atoms with van der Waals surface area (Å²) in [6.07, 6.45) is 1.95. The van der Waals surface area contributed by atoms with Gasteiger partial charge in [-0.2, -0.15) is 0 Å². The summed E-state index contributed by atoms with van der Waals surface area (Å²) >= 11 is 0. The number of alkyl carbamates (subject to hydrolysis) is 2. The zero-order chi connectivity index (χ0) is 44.9. The lowest BCUT2D eigenvalue weighted by molar-refractivity contribution is -0.146. The standard InChI is InChI=1S/C40H73N9O11/c1-7-24(8-2)19-26-29(48-37(41)42)20-27(35(51)52)33(26)59-39(55)45-13-17-57-15-11-22(5)12-16-58-18-14-46-40(56)60-34-28(36(53)54)21-30(49-38(43)44)31(34)32(47-23(6)50)25(9-3)10-4/h22,24-34H,7-21H2,1-6H3,(H,45,55)(H,46,56)(H,47,50)(H,51,52)(H,53,54)(H4,41,42,48)(H4,43,44,49)/t22?,26-,27-,28-,29+,30+,31+,32+,33-,34+/m0/s1. The summed E-state index contributed by atoms with van der Waals surface area (Å²) in [6, 6.07) is -1.68. The molecule has 344 valence electrons. The predicted octanol–water partition coefficient (Wildman–Crippen LogP) is 2.12. The van der Waals surface area contributed by atoms with E-state index in [9.17, 15) is 34.2 Å². The van der Waals surface area contributed by atoms with Gasteiger partial charge in [-0.3, -0.25) is 14.4 Å². The Morgan fingerprint density at radius 2 is 1.17 bits per heavy atom. The summed E-state index contributed by atoms with van der Waals surface area (Å²) in [5.41, 5.74) is 22.7. The molecule has 0 aromatic heterocycles. The lowest BCUT2D eigenvalue weighted by Gasteiger charge is -2.36.